The van der Waals surface area contributed by atoms with Gasteiger partial charge in [0.05, 0.1) is 11.3 Å². The van der Waals surface area contributed by atoms with E-state index in [1.807, 2.05) is 4.68 Å². The average Bonchev–Trinajstić information content (AvgIpc) is 2.75. The van der Waals surface area contributed by atoms with Crippen molar-refractivity contribution < 1.29 is 5.11 Å². The molecule has 0 bridgehead atoms. The molecule has 2 atom stereocenters. The molecule has 1 aliphatic rings. The van der Waals surface area contributed by atoms with E-state index in [0.717, 1.165) is 44.6 Å². The van der Waals surface area contributed by atoms with Crippen molar-refractivity contribution in [1.82, 2.24) is 15.1 Å². The molecule has 1 saturated heterocycles. The van der Waals surface area contributed by atoms with Gasteiger partial charge in [0.25, 0.3) is 0 Å². The molecule has 0 aromatic carbocycles. The van der Waals surface area contributed by atoms with Gasteiger partial charge in [0.2, 0.25) is 0 Å². The highest BCUT2D eigenvalue weighted by Gasteiger charge is 2.36. The molecule has 1 aliphatic heterocycles. The minimum Gasteiger partial charge on any atom is -0.389 e. The third kappa shape index (κ3) is 2.59. The minimum atomic E-state index is -0.580. The number of hydrogen-bond donors (Lipinski definition) is 2. The Balaban J connectivity index is 2.19. The van der Waals surface area contributed by atoms with E-state index in [1.54, 1.807) is 0 Å². The number of aliphatic hydroxyl groups is 1. The first-order chi connectivity index (χ1) is 8.59. The first-order valence-electron chi connectivity index (χ1n) is 7.07. The van der Waals surface area contributed by atoms with E-state index >= 15 is 0 Å². The maximum Gasteiger partial charge on any atom is 0.0752 e. The molecule has 2 rings (SSSR count). The summed E-state index contributed by atoms with van der Waals surface area (Å²) >= 11 is 0. The summed E-state index contributed by atoms with van der Waals surface area (Å²) in [6, 6.07) is 2.15. The molecule has 1 fully saturated rings. The molecule has 0 aliphatic carbocycles. The first-order valence-corrected chi connectivity index (χ1v) is 7.07. The van der Waals surface area contributed by atoms with Crippen molar-refractivity contribution in [3.05, 3.63) is 17.5 Å². The van der Waals surface area contributed by atoms with Crippen molar-refractivity contribution >= 4 is 0 Å². The van der Waals surface area contributed by atoms with Gasteiger partial charge in [0.15, 0.2) is 0 Å². The van der Waals surface area contributed by atoms with E-state index < -0.39 is 5.60 Å². The van der Waals surface area contributed by atoms with Gasteiger partial charge in [0, 0.05) is 25.2 Å². The predicted molar refractivity (Wildman–Crippen MR) is 72.6 cm³/mol. The molecule has 0 spiro atoms. The van der Waals surface area contributed by atoms with Crippen LogP contribution in [0.1, 0.15) is 38.6 Å². The van der Waals surface area contributed by atoms with Gasteiger partial charge < -0.3 is 10.4 Å². The lowest BCUT2D eigenvalue weighted by Crippen LogP contribution is -2.50. The van der Waals surface area contributed by atoms with Crippen molar-refractivity contribution in [2.24, 2.45) is 5.92 Å². The van der Waals surface area contributed by atoms with Crippen LogP contribution >= 0.6 is 0 Å². The van der Waals surface area contributed by atoms with E-state index in [-0.39, 0.29) is 5.92 Å². The van der Waals surface area contributed by atoms with Gasteiger partial charge >= 0.3 is 0 Å². The average molecular weight is 251 g/mol. The van der Waals surface area contributed by atoms with E-state index in [0.29, 0.717) is 0 Å². The molecular weight excluding hydrogens is 226 g/mol. The van der Waals surface area contributed by atoms with Gasteiger partial charge in [-0.1, -0.05) is 13.8 Å². The van der Waals surface area contributed by atoms with E-state index in [1.165, 1.54) is 5.69 Å². The SMILES string of the molecule is CCc1cc(CC2(O)CCNCC2C)n(CC)n1. The Kier molecular flexibility index (Phi) is 4.07. The number of rotatable bonds is 4. The maximum absolute atomic E-state index is 10.8. The molecule has 2 unspecified atom stereocenters. The lowest BCUT2D eigenvalue weighted by molar-refractivity contribution is -0.0344. The monoisotopic (exact) mass is 251 g/mol. The third-order valence-corrected chi connectivity index (χ3v) is 4.17. The number of piperidine rings is 1. The smallest absolute Gasteiger partial charge is 0.0752 e. The Bertz CT molecular complexity index is 402. The van der Waals surface area contributed by atoms with E-state index in [2.05, 4.69) is 37.3 Å². The molecular formula is C14H25N3O. The second-order valence-corrected chi connectivity index (χ2v) is 5.43. The van der Waals surface area contributed by atoms with Gasteiger partial charge in [-0.25, -0.2) is 0 Å². The summed E-state index contributed by atoms with van der Waals surface area (Å²) in [5, 5.41) is 18.7. The van der Waals surface area contributed by atoms with Crippen LogP contribution in [0, 0.1) is 5.92 Å². The zero-order valence-corrected chi connectivity index (χ0v) is 11.7. The summed E-state index contributed by atoms with van der Waals surface area (Å²) in [6.07, 6.45) is 2.50. The fourth-order valence-corrected chi connectivity index (χ4v) is 2.74. The molecule has 1 aromatic heterocycles. The largest absolute Gasteiger partial charge is 0.389 e. The number of aryl methyl sites for hydroxylation is 2. The highest BCUT2D eigenvalue weighted by atomic mass is 16.3. The summed E-state index contributed by atoms with van der Waals surface area (Å²) in [5.74, 6) is 0.288. The summed E-state index contributed by atoms with van der Waals surface area (Å²) in [5.41, 5.74) is 1.71. The Labute approximate surface area is 109 Å². The second kappa shape index (κ2) is 5.41. The maximum atomic E-state index is 10.8. The summed E-state index contributed by atoms with van der Waals surface area (Å²) in [4.78, 5) is 0. The summed E-state index contributed by atoms with van der Waals surface area (Å²) < 4.78 is 2.03. The fraction of sp³-hybridized carbons (Fsp3) is 0.786. The molecule has 102 valence electrons. The van der Waals surface area contributed by atoms with E-state index in [9.17, 15) is 5.11 Å². The Morgan fingerprint density at radius 2 is 2.33 bits per heavy atom. The van der Waals surface area contributed by atoms with Crippen molar-refractivity contribution in [3.8, 4) is 0 Å². The van der Waals surface area contributed by atoms with Crippen LogP contribution < -0.4 is 5.32 Å². The lowest BCUT2D eigenvalue weighted by Gasteiger charge is -2.38. The van der Waals surface area contributed by atoms with Gasteiger partial charge in [-0.2, -0.15) is 5.10 Å². The van der Waals surface area contributed by atoms with Gasteiger partial charge in [0.1, 0.15) is 0 Å². The highest BCUT2D eigenvalue weighted by Crippen LogP contribution is 2.28. The lowest BCUT2D eigenvalue weighted by atomic mass is 9.79. The Morgan fingerprint density at radius 3 is 2.94 bits per heavy atom. The second-order valence-electron chi connectivity index (χ2n) is 5.43. The van der Waals surface area contributed by atoms with Crippen LogP contribution in [0.2, 0.25) is 0 Å². The number of hydrogen-bond acceptors (Lipinski definition) is 3. The van der Waals surface area contributed by atoms with Crippen molar-refractivity contribution in [2.45, 2.75) is 52.2 Å². The van der Waals surface area contributed by atoms with Gasteiger partial charge in [-0.3, -0.25) is 4.68 Å². The molecule has 2 heterocycles. The minimum absolute atomic E-state index is 0.288. The van der Waals surface area contributed by atoms with Gasteiger partial charge in [-0.15, -0.1) is 0 Å². The molecule has 0 saturated carbocycles. The molecule has 2 N–H and O–H groups in total. The first kappa shape index (κ1) is 13.6. The quantitative estimate of drug-likeness (QED) is 0.850. The number of nitrogens with one attached hydrogen (secondary N) is 1. The van der Waals surface area contributed by atoms with E-state index in [4.69, 9.17) is 0 Å². The molecule has 4 nitrogen and oxygen atoms in total. The summed E-state index contributed by atoms with van der Waals surface area (Å²) in [6.45, 7) is 9.02. The Hall–Kier alpha value is -0.870. The Morgan fingerprint density at radius 1 is 1.56 bits per heavy atom. The molecule has 18 heavy (non-hydrogen) atoms. The number of aromatic nitrogens is 2. The van der Waals surface area contributed by atoms with Crippen molar-refractivity contribution in [2.75, 3.05) is 13.1 Å². The standard InChI is InChI=1S/C14H25N3O/c1-4-12-8-13(17(5-2)16-12)9-14(18)6-7-15-10-11(14)3/h8,11,15,18H,4-7,9-10H2,1-3H3. The van der Waals surface area contributed by atoms with Crippen LogP contribution in [-0.4, -0.2) is 33.6 Å². The van der Waals surface area contributed by atoms with Crippen molar-refractivity contribution in [3.63, 3.8) is 0 Å². The molecule has 0 radical (unpaired) electrons. The molecule has 0 amide bonds. The molecule has 1 aromatic rings. The normalized spacial score (nSPS) is 28.6. The fourth-order valence-electron chi connectivity index (χ4n) is 2.74. The highest BCUT2D eigenvalue weighted by molar-refractivity contribution is 5.14. The van der Waals surface area contributed by atoms with Gasteiger partial charge in [-0.05, 0) is 38.3 Å². The zero-order valence-electron chi connectivity index (χ0n) is 11.7. The van der Waals surface area contributed by atoms with Crippen LogP contribution in [-0.2, 0) is 19.4 Å². The van der Waals surface area contributed by atoms with Crippen LogP contribution in [0.25, 0.3) is 0 Å². The van der Waals surface area contributed by atoms with Crippen LogP contribution in [0.15, 0.2) is 6.07 Å². The van der Waals surface area contributed by atoms with Crippen LogP contribution in [0.3, 0.4) is 0 Å². The summed E-state index contributed by atoms with van der Waals surface area (Å²) in [7, 11) is 0. The van der Waals surface area contributed by atoms with Crippen molar-refractivity contribution in [1.29, 1.82) is 0 Å². The van der Waals surface area contributed by atoms with Crippen LogP contribution in [0.4, 0.5) is 0 Å². The van der Waals surface area contributed by atoms with Crippen LogP contribution in [0.5, 0.6) is 0 Å². The predicted octanol–water partition coefficient (Wildman–Crippen LogP) is 1.37. The number of nitrogens with zero attached hydrogens (tertiary/aromatic N) is 2. The topological polar surface area (TPSA) is 50.1 Å². The zero-order chi connectivity index (χ0) is 13.2. The molecule has 4 heteroatoms. The third-order valence-electron chi connectivity index (χ3n) is 4.17.